The Labute approximate surface area is 176 Å². The number of aromatic nitrogens is 2. The molecule has 1 aromatic heterocycles. The fraction of sp³-hybridized carbons (Fsp3) is 0.429. The summed E-state index contributed by atoms with van der Waals surface area (Å²) in [5.74, 6) is 2.34. The van der Waals surface area contributed by atoms with Gasteiger partial charge in [-0.3, -0.25) is 5.43 Å². The second kappa shape index (κ2) is 6.86. The van der Waals surface area contributed by atoms with Crippen molar-refractivity contribution < 1.29 is 10.7 Å². The van der Waals surface area contributed by atoms with Crippen LogP contribution in [0.15, 0.2) is 40.1 Å². The number of hydrogen-bond acceptors (Lipinski definition) is 7. The van der Waals surface area contributed by atoms with E-state index in [1.807, 2.05) is 30.0 Å². The molecule has 30 heavy (non-hydrogen) atoms. The first-order chi connectivity index (χ1) is 14.5. The lowest BCUT2D eigenvalue weighted by atomic mass is 9.64. The zero-order chi connectivity index (χ0) is 20.9. The number of likely N-dealkylation sites (tertiary alicyclic amines) is 1. The van der Waals surface area contributed by atoms with Crippen molar-refractivity contribution in [3.63, 3.8) is 0 Å². The fourth-order valence-electron chi connectivity index (χ4n) is 5.00. The van der Waals surface area contributed by atoms with Gasteiger partial charge in [-0.15, -0.1) is 0 Å². The van der Waals surface area contributed by atoms with E-state index in [2.05, 4.69) is 38.2 Å². The molecule has 2 unspecified atom stereocenters. The second-order valence-electron chi connectivity index (χ2n) is 8.47. The van der Waals surface area contributed by atoms with E-state index in [9.17, 15) is 4.79 Å². The highest BCUT2D eigenvalue weighted by molar-refractivity contribution is 6.02. The molecule has 2 amide bonds. The van der Waals surface area contributed by atoms with E-state index >= 15 is 0 Å². The van der Waals surface area contributed by atoms with Crippen LogP contribution < -0.4 is 16.2 Å². The van der Waals surface area contributed by atoms with E-state index in [-0.39, 0.29) is 13.5 Å². The number of carbonyl (C=O) groups is 1. The molecule has 2 aromatic rings. The van der Waals surface area contributed by atoms with Crippen LogP contribution >= 0.6 is 0 Å². The van der Waals surface area contributed by atoms with E-state index in [0.29, 0.717) is 23.5 Å². The third-order valence-electron chi connectivity index (χ3n) is 6.20. The quantitative estimate of drug-likeness (QED) is 0.719. The second-order valence-corrected chi connectivity index (χ2v) is 8.47. The van der Waals surface area contributed by atoms with Crippen molar-refractivity contribution in [1.82, 2.24) is 25.9 Å². The van der Waals surface area contributed by atoms with E-state index in [4.69, 9.17) is 4.52 Å². The molecule has 0 spiro atoms. The maximum absolute atomic E-state index is 13.3. The van der Waals surface area contributed by atoms with Crippen LogP contribution in [0, 0.1) is 19.8 Å². The van der Waals surface area contributed by atoms with E-state index in [1.165, 1.54) is 0 Å². The summed E-state index contributed by atoms with van der Waals surface area (Å²) in [7, 11) is 0. The van der Waals surface area contributed by atoms with Gasteiger partial charge < -0.3 is 20.2 Å². The molecule has 2 fully saturated rings. The largest absolute Gasteiger partial charge is 0.337 e. The Bertz CT molecular complexity index is 1070. The standard InChI is InChI=1S/C21H25N7O2.H2/c1-12-8-16-11-21(10-12,19-24-14(3)27-30-19)28(16)20(29)25-15-5-4-13(2)17(9-15)18-22-6-7-23-26-18;/h4-7,9,12,16,23H,8,10-11H2,1-3H3,(H,22,26)(H,25,29);1H/t12-,16?,21?;/m1./s1. The lowest BCUT2D eigenvalue weighted by Crippen LogP contribution is -2.70. The number of aryl methyl sites for hydroxylation is 2. The molecular weight excluding hydrogens is 382 g/mol. The topological polar surface area (TPSA) is 108 Å². The van der Waals surface area contributed by atoms with Crippen molar-refractivity contribution in [2.45, 2.75) is 51.6 Å². The van der Waals surface area contributed by atoms with Crippen molar-refractivity contribution in [2.75, 3.05) is 5.32 Å². The number of piperidine rings is 1. The highest BCUT2D eigenvalue weighted by Gasteiger charge is 2.62. The van der Waals surface area contributed by atoms with E-state index in [1.54, 1.807) is 19.3 Å². The van der Waals surface area contributed by atoms with Crippen LogP contribution in [-0.2, 0) is 5.54 Å². The van der Waals surface area contributed by atoms with Crippen LogP contribution in [0.2, 0.25) is 0 Å². The van der Waals surface area contributed by atoms with Crippen LogP contribution in [0.3, 0.4) is 0 Å². The van der Waals surface area contributed by atoms with Crippen molar-refractivity contribution >= 4 is 17.6 Å². The molecule has 3 atom stereocenters. The minimum atomic E-state index is -0.509. The third kappa shape index (κ3) is 2.92. The summed E-state index contributed by atoms with van der Waals surface area (Å²) in [5.41, 5.74) is 8.15. The molecular formula is C21H27N7O2. The highest BCUT2D eigenvalue weighted by atomic mass is 16.5. The van der Waals surface area contributed by atoms with Gasteiger partial charge in [0.15, 0.2) is 11.7 Å². The molecule has 1 aliphatic carbocycles. The number of amidine groups is 1. The van der Waals surface area contributed by atoms with Gasteiger partial charge >= 0.3 is 6.03 Å². The summed E-state index contributed by atoms with van der Waals surface area (Å²) in [5, 5.41) is 7.03. The summed E-state index contributed by atoms with van der Waals surface area (Å²) in [6, 6.07) is 5.86. The number of anilines is 1. The Kier molecular flexibility index (Phi) is 4.27. The van der Waals surface area contributed by atoms with Gasteiger partial charge in [-0.1, -0.05) is 18.1 Å². The summed E-state index contributed by atoms with van der Waals surface area (Å²) in [6.07, 6.45) is 6.09. The minimum absolute atomic E-state index is 0. The molecule has 9 nitrogen and oxygen atoms in total. The average molecular weight is 409 g/mol. The SMILES string of the molecule is Cc1noc(C23CC(C[C@@H](C)C2)N3C(=O)Nc2ccc(C)c(C3=NC=CNN3)c2)n1.[HH]. The Hall–Kier alpha value is -3.36. The molecule has 3 aliphatic rings. The molecule has 158 valence electrons. The van der Waals surface area contributed by atoms with E-state index < -0.39 is 5.54 Å². The van der Waals surface area contributed by atoms with Crippen molar-refractivity contribution in [3.8, 4) is 0 Å². The Balaban J connectivity index is 0.00000231. The predicted octanol–water partition coefficient (Wildman–Crippen LogP) is 3.19. The molecule has 3 N–H and O–H groups in total. The molecule has 1 saturated heterocycles. The number of hydrazine groups is 1. The Morgan fingerprint density at radius 2 is 2.23 bits per heavy atom. The van der Waals surface area contributed by atoms with Crippen LogP contribution in [-0.4, -0.2) is 32.9 Å². The summed E-state index contributed by atoms with van der Waals surface area (Å²) >= 11 is 0. The minimum Gasteiger partial charge on any atom is -0.337 e. The Morgan fingerprint density at radius 3 is 2.97 bits per heavy atom. The fourth-order valence-corrected chi connectivity index (χ4v) is 5.00. The lowest BCUT2D eigenvalue weighted by molar-refractivity contribution is -0.111. The molecule has 3 heterocycles. The number of carbonyl (C=O) groups excluding carboxylic acids is 1. The van der Waals surface area contributed by atoms with Gasteiger partial charge in [-0.25, -0.2) is 9.79 Å². The number of nitrogens with zero attached hydrogens (tertiary/aromatic N) is 4. The number of benzene rings is 1. The molecule has 0 radical (unpaired) electrons. The van der Waals surface area contributed by atoms with Crippen molar-refractivity contribution in [3.05, 3.63) is 53.4 Å². The van der Waals surface area contributed by atoms with Gasteiger partial charge in [-0.05, 0) is 50.3 Å². The molecule has 1 aromatic carbocycles. The molecule has 2 bridgehead atoms. The van der Waals surface area contributed by atoms with Crippen LogP contribution in [0.4, 0.5) is 10.5 Å². The van der Waals surface area contributed by atoms with Gasteiger partial charge in [-0.2, -0.15) is 4.98 Å². The first-order valence-electron chi connectivity index (χ1n) is 10.2. The molecule has 5 rings (SSSR count). The first kappa shape index (κ1) is 18.7. The van der Waals surface area contributed by atoms with Crippen LogP contribution in [0.5, 0.6) is 0 Å². The molecule has 9 heteroatoms. The summed E-state index contributed by atoms with van der Waals surface area (Å²) < 4.78 is 5.52. The summed E-state index contributed by atoms with van der Waals surface area (Å²) in [4.78, 5) is 24.1. The highest BCUT2D eigenvalue weighted by Crippen LogP contribution is 2.55. The van der Waals surface area contributed by atoms with Gasteiger partial charge in [0, 0.05) is 37.5 Å². The number of rotatable bonds is 3. The number of hydrogen-bond donors (Lipinski definition) is 3. The van der Waals surface area contributed by atoms with E-state index in [0.717, 1.165) is 36.1 Å². The zero-order valence-electron chi connectivity index (χ0n) is 17.3. The van der Waals surface area contributed by atoms with Crippen LogP contribution in [0.25, 0.3) is 0 Å². The van der Waals surface area contributed by atoms with Crippen molar-refractivity contribution in [1.29, 1.82) is 0 Å². The van der Waals surface area contributed by atoms with Gasteiger partial charge in [0.2, 0.25) is 0 Å². The average Bonchev–Trinajstić information content (AvgIpc) is 3.16. The van der Waals surface area contributed by atoms with Crippen LogP contribution in [0.1, 0.15) is 50.5 Å². The first-order valence-corrected chi connectivity index (χ1v) is 10.2. The summed E-state index contributed by atoms with van der Waals surface area (Å²) in [6.45, 7) is 6.03. The monoisotopic (exact) mass is 409 g/mol. The number of nitrogens with one attached hydrogen (secondary N) is 3. The smallest absolute Gasteiger partial charge is 0.323 e. The number of fused-ring (bicyclic) bond motifs is 2. The predicted molar refractivity (Wildman–Crippen MR) is 114 cm³/mol. The van der Waals surface area contributed by atoms with Crippen molar-refractivity contribution in [2.24, 2.45) is 10.9 Å². The number of urea groups is 1. The molecule has 2 aliphatic heterocycles. The maximum atomic E-state index is 13.3. The van der Waals surface area contributed by atoms with Gasteiger partial charge in [0.1, 0.15) is 5.54 Å². The van der Waals surface area contributed by atoms with Gasteiger partial charge in [0.25, 0.3) is 5.89 Å². The molecule has 1 saturated carbocycles. The number of amides is 2. The number of aliphatic imine (C=N–C) groups is 1. The third-order valence-corrected chi connectivity index (χ3v) is 6.20. The normalized spacial score (nSPS) is 26.9. The lowest BCUT2D eigenvalue weighted by Gasteiger charge is -2.61. The van der Waals surface area contributed by atoms with Gasteiger partial charge in [0.05, 0.1) is 0 Å². The Morgan fingerprint density at radius 1 is 1.37 bits per heavy atom. The maximum Gasteiger partial charge on any atom is 0.323 e. The zero-order valence-corrected chi connectivity index (χ0v) is 17.3.